The summed E-state index contributed by atoms with van der Waals surface area (Å²) in [6.45, 7) is 5.55. The fourth-order valence-corrected chi connectivity index (χ4v) is 2.65. The molecule has 1 N–H and O–H groups in total. The van der Waals surface area contributed by atoms with Crippen molar-refractivity contribution >= 4 is 35.6 Å². The molecule has 3 nitrogen and oxygen atoms in total. The lowest BCUT2D eigenvalue weighted by molar-refractivity contribution is 0.144. The summed E-state index contributed by atoms with van der Waals surface area (Å²) in [7, 11) is 0. The molecule has 0 saturated carbocycles. The summed E-state index contributed by atoms with van der Waals surface area (Å²) in [6.07, 6.45) is 0.976. The summed E-state index contributed by atoms with van der Waals surface area (Å²) in [5.74, 6) is 0.816. The second kappa shape index (κ2) is 12.4. The van der Waals surface area contributed by atoms with Crippen LogP contribution in [0.1, 0.15) is 24.5 Å². The van der Waals surface area contributed by atoms with Crippen LogP contribution in [-0.2, 0) is 17.9 Å². The van der Waals surface area contributed by atoms with Gasteiger partial charge in [0.05, 0.1) is 0 Å². The maximum atomic E-state index is 6.17. The Morgan fingerprint density at radius 1 is 1.04 bits per heavy atom. The van der Waals surface area contributed by atoms with E-state index >= 15 is 0 Å². The van der Waals surface area contributed by atoms with Crippen molar-refractivity contribution in [1.82, 2.24) is 5.32 Å². The Morgan fingerprint density at radius 2 is 1.84 bits per heavy atom. The molecule has 0 aliphatic heterocycles. The van der Waals surface area contributed by atoms with E-state index < -0.39 is 0 Å². The first kappa shape index (κ1) is 22.1. The molecular formula is C19H24Cl3NO2. The van der Waals surface area contributed by atoms with Crippen molar-refractivity contribution in [2.45, 2.75) is 26.5 Å². The molecule has 0 atom stereocenters. The molecular weight excluding hydrogens is 381 g/mol. The molecule has 0 aliphatic carbocycles. The van der Waals surface area contributed by atoms with Gasteiger partial charge in [0.25, 0.3) is 0 Å². The third-order valence-electron chi connectivity index (χ3n) is 3.53. The maximum Gasteiger partial charge on any atom is 0.124 e. The minimum absolute atomic E-state index is 0. The van der Waals surface area contributed by atoms with Crippen molar-refractivity contribution in [1.29, 1.82) is 0 Å². The lowest BCUT2D eigenvalue weighted by Crippen LogP contribution is -2.17. The average molecular weight is 405 g/mol. The number of rotatable bonds is 10. The molecule has 0 unspecified atom stereocenters. The van der Waals surface area contributed by atoms with Crippen LogP contribution in [0.4, 0.5) is 0 Å². The molecule has 0 radical (unpaired) electrons. The first-order chi connectivity index (χ1) is 11.7. The van der Waals surface area contributed by atoms with Crippen LogP contribution in [0.5, 0.6) is 5.75 Å². The minimum Gasteiger partial charge on any atom is -0.489 e. The first-order valence-corrected chi connectivity index (χ1v) is 8.89. The number of benzene rings is 2. The summed E-state index contributed by atoms with van der Waals surface area (Å²) in [5.41, 5.74) is 2.00. The van der Waals surface area contributed by atoms with Crippen LogP contribution in [-0.4, -0.2) is 19.8 Å². The fraction of sp³-hybridized carbons (Fsp3) is 0.368. The highest BCUT2D eigenvalue weighted by Gasteiger charge is 2.07. The average Bonchev–Trinajstić information content (AvgIpc) is 2.58. The van der Waals surface area contributed by atoms with E-state index in [1.807, 2.05) is 49.4 Å². The molecule has 0 spiro atoms. The van der Waals surface area contributed by atoms with Crippen molar-refractivity contribution in [3.05, 3.63) is 63.6 Å². The van der Waals surface area contributed by atoms with Gasteiger partial charge in [-0.3, -0.25) is 0 Å². The van der Waals surface area contributed by atoms with Crippen molar-refractivity contribution in [2.24, 2.45) is 0 Å². The van der Waals surface area contributed by atoms with Crippen molar-refractivity contribution < 1.29 is 9.47 Å². The summed E-state index contributed by atoms with van der Waals surface area (Å²) in [6, 6.07) is 13.4. The van der Waals surface area contributed by atoms with Crippen LogP contribution in [0.3, 0.4) is 0 Å². The first-order valence-electron chi connectivity index (χ1n) is 8.13. The third kappa shape index (κ3) is 7.85. The summed E-state index contributed by atoms with van der Waals surface area (Å²) >= 11 is 12.3. The van der Waals surface area contributed by atoms with E-state index in [1.54, 1.807) is 0 Å². The monoisotopic (exact) mass is 403 g/mol. The zero-order valence-electron chi connectivity index (χ0n) is 14.3. The lowest BCUT2D eigenvalue weighted by atomic mass is 10.2. The Morgan fingerprint density at radius 3 is 2.60 bits per heavy atom. The molecule has 0 bridgehead atoms. The van der Waals surface area contributed by atoms with Gasteiger partial charge in [-0.05, 0) is 44.2 Å². The van der Waals surface area contributed by atoms with Gasteiger partial charge in [0.2, 0.25) is 0 Å². The third-order valence-corrected chi connectivity index (χ3v) is 4.13. The largest absolute Gasteiger partial charge is 0.489 e. The van der Waals surface area contributed by atoms with Gasteiger partial charge < -0.3 is 14.8 Å². The van der Waals surface area contributed by atoms with Gasteiger partial charge in [0, 0.05) is 40.9 Å². The molecule has 25 heavy (non-hydrogen) atoms. The topological polar surface area (TPSA) is 30.5 Å². The predicted octanol–water partition coefficient (Wildman–Crippen LogP) is 5.51. The van der Waals surface area contributed by atoms with Crippen LogP contribution in [0.25, 0.3) is 0 Å². The molecule has 2 aromatic carbocycles. The molecule has 2 rings (SSSR count). The van der Waals surface area contributed by atoms with E-state index in [-0.39, 0.29) is 12.4 Å². The van der Waals surface area contributed by atoms with Gasteiger partial charge >= 0.3 is 0 Å². The molecule has 0 heterocycles. The standard InChI is InChI=1S/C19H23Cl2NO2.ClH/c1-2-23-11-5-10-22-13-16-12-17(20)8-9-19(16)24-14-15-6-3-4-7-18(15)21;/h3-4,6-9,12,22H,2,5,10-11,13-14H2,1H3;1H. The highest BCUT2D eigenvalue weighted by atomic mass is 35.5. The van der Waals surface area contributed by atoms with Gasteiger partial charge in [-0.1, -0.05) is 41.4 Å². The number of hydrogen-bond donors (Lipinski definition) is 1. The Bertz CT molecular complexity index is 638. The maximum absolute atomic E-state index is 6.17. The normalized spacial score (nSPS) is 10.4. The van der Waals surface area contributed by atoms with Crippen molar-refractivity contribution in [3.63, 3.8) is 0 Å². The van der Waals surface area contributed by atoms with E-state index in [9.17, 15) is 0 Å². The minimum atomic E-state index is 0. The highest BCUT2D eigenvalue weighted by molar-refractivity contribution is 6.31. The SMILES string of the molecule is CCOCCCNCc1cc(Cl)ccc1OCc1ccccc1Cl.Cl. The fourth-order valence-electron chi connectivity index (χ4n) is 2.26. The van der Waals surface area contributed by atoms with Crippen LogP contribution in [0.2, 0.25) is 10.0 Å². The van der Waals surface area contributed by atoms with Crippen LogP contribution < -0.4 is 10.1 Å². The quantitative estimate of drug-likeness (QED) is 0.530. The van der Waals surface area contributed by atoms with Crippen LogP contribution >= 0.6 is 35.6 Å². The number of hydrogen-bond acceptors (Lipinski definition) is 3. The molecule has 0 saturated heterocycles. The van der Waals surface area contributed by atoms with Gasteiger partial charge in [0.15, 0.2) is 0 Å². The number of nitrogens with one attached hydrogen (secondary N) is 1. The van der Waals surface area contributed by atoms with Gasteiger partial charge in [0.1, 0.15) is 12.4 Å². The zero-order valence-corrected chi connectivity index (χ0v) is 16.6. The Hall–Kier alpha value is -0.970. The predicted molar refractivity (Wildman–Crippen MR) is 107 cm³/mol. The van der Waals surface area contributed by atoms with Gasteiger partial charge in [-0.25, -0.2) is 0 Å². The summed E-state index contributed by atoms with van der Waals surface area (Å²) < 4.78 is 11.3. The zero-order chi connectivity index (χ0) is 17.2. The molecule has 0 aliphatic rings. The summed E-state index contributed by atoms with van der Waals surface area (Å²) in [4.78, 5) is 0. The molecule has 0 fully saturated rings. The van der Waals surface area contributed by atoms with E-state index in [1.165, 1.54) is 0 Å². The molecule has 0 aromatic heterocycles. The van der Waals surface area contributed by atoms with Crippen LogP contribution in [0.15, 0.2) is 42.5 Å². The summed E-state index contributed by atoms with van der Waals surface area (Å²) in [5, 5.41) is 4.80. The Kier molecular flexibility index (Phi) is 10.9. The van der Waals surface area contributed by atoms with E-state index in [2.05, 4.69) is 5.32 Å². The molecule has 6 heteroatoms. The van der Waals surface area contributed by atoms with E-state index in [4.69, 9.17) is 32.7 Å². The van der Waals surface area contributed by atoms with Crippen LogP contribution in [0, 0.1) is 0 Å². The highest BCUT2D eigenvalue weighted by Crippen LogP contribution is 2.25. The van der Waals surface area contributed by atoms with Gasteiger partial charge in [-0.15, -0.1) is 12.4 Å². The second-order valence-corrected chi connectivity index (χ2v) is 6.20. The van der Waals surface area contributed by atoms with E-state index in [0.29, 0.717) is 23.2 Å². The number of halogens is 3. The van der Waals surface area contributed by atoms with E-state index in [0.717, 1.165) is 43.1 Å². The second-order valence-electron chi connectivity index (χ2n) is 5.36. The smallest absolute Gasteiger partial charge is 0.124 e. The Labute approximate surface area is 166 Å². The molecule has 0 amide bonds. The number of ether oxygens (including phenoxy) is 2. The molecule has 2 aromatic rings. The Balaban J connectivity index is 0.00000312. The van der Waals surface area contributed by atoms with Gasteiger partial charge in [-0.2, -0.15) is 0 Å². The lowest BCUT2D eigenvalue weighted by Gasteiger charge is -2.13. The molecule has 138 valence electrons. The van der Waals surface area contributed by atoms with Crippen molar-refractivity contribution in [2.75, 3.05) is 19.8 Å². The van der Waals surface area contributed by atoms with Crippen molar-refractivity contribution in [3.8, 4) is 5.75 Å².